The van der Waals surface area contributed by atoms with Gasteiger partial charge < -0.3 is 10.6 Å². The third-order valence-electron chi connectivity index (χ3n) is 2.58. The van der Waals surface area contributed by atoms with E-state index in [1.807, 2.05) is 17.2 Å². The molecule has 1 rings (SSSR count). The van der Waals surface area contributed by atoms with E-state index < -0.39 is 0 Å². The first-order valence-electron chi connectivity index (χ1n) is 6.16. The van der Waals surface area contributed by atoms with Crippen LogP contribution in [0.4, 0.5) is 0 Å². The maximum absolute atomic E-state index is 12.1. The minimum atomic E-state index is 0.0421. The number of aromatic nitrogens is 1. The molecule has 0 aliphatic rings. The number of carbonyl (C=O) groups excluding carboxylic acids is 1. The first-order valence-corrected chi connectivity index (χ1v) is 7.04. The largest absolute Gasteiger partial charge is 0.338 e. The zero-order valence-electron chi connectivity index (χ0n) is 10.6. The number of nitrogens with two attached hydrogens (primary N) is 1. The molecule has 0 radical (unpaired) electrons. The molecule has 2 N–H and O–H groups in total. The Morgan fingerprint density at radius 2 is 2.29 bits per heavy atom. The standard InChI is InChI=1S/C12H21N3OS/c1-3-5-8-15(4-2)12(16)10-9-17-11(14-10)6-7-13/h9H,3-8,13H2,1-2H3. The van der Waals surface area contributed by atoms with E-state index in [4.69, 9.17) is 5.73 Å². The topological polar surface area (TPSA) is 59.2 Å². The molecular weight excluding hydrogens is 234 g/mol. The lowest BCUT2D eigenvalue weighted by atomic mass is 10.3. The van der Waals surface area contributed by atoms with Crippen LogP contribution < -0.4 is 5.73 Å². The zero-order valence-corrected chi connectivity index (χ0v) is 11.4. The van der Waals surface area contributed by atoms with E-state index in [2.05, 4.69) is 11.9 Å². The zero-order chi connectivity index (χ0) is 12.7. The normalized spacial score (nSPS) is 10.5. The molecule has 1 amide bonds. The second-order valence-electron chi connectivity index (χ2n) is 3.90. The highest BCUT2D eigenvalue weighted by Gasteiger charge is 2.16. The number of hydrogen-bond acceptors (Lipinski definition) is 4. The number of thiazole rings is 1. The van der Waals surface area contributed by atoms with Gasteiger partial charge in [-0.15, -0.1) is 11.3 Å². The maximum Gasteiger partial charge on any atom is 0.273 e. The molecule has 0 unspecified atom stereocenters. The van der Waals surface area contributed by atoms with Gasteiger partial charge >= 0.3 is 0 Å². The number of unbranched alkanes of at least 4 members (excludes halogenated alkanes) is 1. The summed E-state index contributed by atoms with van der Waals surface area (Å²) in [7, 11) is 0. The molecule has 0 fully saturated rings. The van der Waals surface area contributed by atoms with Gasteiger partial charge in [-0.2, -0.15) is 0 Å². The van der Waals surface area contributed by atoms with Crippen LogP contribution in [-0.4, -0.2) is 35.4 Å². The van der Waals surface area contributed by atoms with Crippen molar-refractivity contribution in [2.24, 2.45) is 5.73 Å². The van der Waals surface area contributed by atoms with E-state index in [1.54, 1.807) is 0 Å². The number of rotatable bonds is 7. The summed E-state index contributed by atoms with van der Waals surface area (Å²) < 4.78 is 0. The molecule has 17 heavy (non-hydrogen) atoms. The first kappa shape index (κ1) is 14.1. The molecule has 0 atom stereocenters. The average Bonchev–Trinajstić information content (AvgIpc) is 2.79. The summed E-state index contributed by atoms with van der Waals surface area (Å²) in [5, 5.41) is 2.78. The van der Waals surface area contributed by atoms with Crippen molar-refractivity contribution in [3.8, 4) is 0 Å². The maximum atomic E-state index is 12.1. The molecule has 0 saturated heterocycles. The Morgan fingerprint density at radius 3 is 2.88 bits per heavy atom. The van der Waals surface area contributed by atoms with Crippen molar-refractivity contribution in [3.05, 3.63) is 16.1 Å². The Labute approximate surface area is 107 Å². The van der Waals surface area contributed by atoms with Crippen LogP contribution in [-0.2, 0) is 6.42 Å². The van der Waals surface area contributed by atoms with Crippen molar-refractivity contribution in [1.82, 2.24) is 9.88 Å². The van der Waals surface area contributed by atoms with Crippen LogP contribution in [0.5, 0.6) is 0 Å². The van der Waals surface area contributed by atoms with Crippen LogP contribution in [0.15, 0.2) is 5.38 Å². The fourth-order valence-electron chi connectivity index (χ4n) is 1.56. The lowest BCUT2D eigenvalue weighted by Crippen LogP contribution is -2.32. The molecule has 0 bridgehead atoms. The van der Waals surface area contributed by atoms with Crippen molar-refractivity contribution in [1.29, 1.82) is 0 Å². The molecule has 1 aromatic rings. The van der Waals surface area contributed by atoms with E-state index in [0.717, 1.165) is 37.4 Å². The predicted octanol–water partition coefficient (Wildman–Crippen LogP) is 1.91. The van der Waals surface area contributed by atoms with Gasteiger partial charge in [0.25, 0.3) is 5.91 Å². The van der Waals surface area contributed by atoms with Crippen molar-refractivity contribution in [3.63, 3.8) is 0 Å². The molecule has 1 heterocycles. The Morgan fingerprint density at radius 1 is 1.53 bits per heavy atom. The fraction of sp³-hybridized carbons (Fsp3) is 0.667. The quantitative estimate of drug-likeness (QED) is 0.809. The molecule has 0 saturated carbocycles. The van der Waals surface area contributed by atoms with Gasteiger partial charge in [-0.25, -0.2) is 4.98 Å². The van der Waals surface area contributed by atoms with Gasteiger partial charge in [0.05, 0.1) is 5.01 Å². The van der Waals surface area contributed by atoms with Crippen LogP contribution >= 0.6 is 11.3 Å². The van der Waals surface area contributed by atoms with Gasteiger partial charge in [0, 0.05) is 24.9 Å². The summed E-state index contributed by atoms with van der Waals surface area (Å²) in [6.07, 6.45) is 2.89. The lowest BCUT2D eigenvalue weighted by molar-refractivity contribution is 0.0757. The lowest BCUT2D eigenvalue weighted by Gasteiger charge is -2.19. The second kappa shape index (κ2) is 7.40. The first-order chi connectivity index (χ1) is 8.22. The molecule has 0 spiro atoms. The predicted molar refractivity (Wildman–Crippen MR) is 71.4 cm³/mol. The Bertz CT molecular complexity index is 351. The number of carbonyl (C=O) groups is 1. The average molecular weight is 255 g/mol. The monoisotopic (exact) mass is 255 g/mol. The van der Waals surface area contributed by atoms with Crippen LogP contribution in [0.3, 0.4) is 0 Å². The van der Waals surface area contributed by atoms with Gasteiger partial charge in [0.15, 0.2) is 0 Å². The van der Waals surface area contributed by atoms with E-state index in [0.29, 0.717) is 12.2 Å². The SMILES string of the molecule is CCCCN(CC)C(=O)c1csc(CCN)n1. The van der Waals surface area contributed by atoms with Crippen molar-refractivity contribution in [2.45, 2.75) is 33.1 Å². The third kappa shape index (κ3) is 4.09. The van der Waals surface area contributed by atoms with E-state index >= 15 is 0 Å². The van der Waals surface area contributed by atoms with Crippen molar-refractivity contribution >= 4 is 17.2 Å². The van der Waals surface area contributed by atoms with Gasteiger partial charge in [0.2, 0.25) is 0 Å². The molecule has 1 aromatic heterocycles. The van der Waals surface area contributed by atoms with Crippen LogP contribution in [0.25, 0.3) is 0 Å². The summed E-state index contributed by atoms with van der Waals surface area (Å²) in [5.41, 5.74) is 6.04. The smallest absolute Gasteiger partial charge is 0.273 e. The minimum absolute atomic E-state index is 0.0421. The number of hydrogen-bond donors (Lipinski definition) is 1. The molecule has 0 aliphatic heterocycles. The Kier molecular flexibility index (Phi) is 6.15. The number of nitrogens with zero attached hydrogens (tertiary/aromatic N) is 2. The summed E-state index contributed by atoms with van der Waals surface area (Å²) >= 11 is 1.52. The highest BCUT2D eigenvalue weighted by atomic mass is 32.1. The van der Waals surface area contributed by atoms with E-state index in [-0.39, 0.29) is 5.91 Å². The molecule has 96 valence electrons. The van der Waals surface area contributed by atoms with Crippen LogP contribution in [0.1, 0.15) is 42.2 Å². The summed E-state index contributed by atoms with van der Waals surface area (Å²) in [4.78, 5) is 18.3. The Balaban J connectivity index is 2.65. The van der Waals surface area contributed by atoms with Crippen molar-refractivity contribution < 1.29 is 4.79 Å². The third-order valence-corrected chi connectivity index (χ3v) is 3.49. The summed E-state index contributed by atoms with van der Waals surface area (Å²) in [6, 6.07) is 0. The van der Waals surface area contributed by atoms with Crippen LogP contribution in [0, 0.1) is 0 Å². The van der Waals surface area contributed by atoms with Gasteiger partial charge in [-0.05, 0) is 19.9 Å². The van der Waals surface area contributed by atoms with E-state index in [1.165, 1.54) is 11.3 Å². The Hall–Kier alpha value is -0.940. The minimum Gasteiger partial charge on any atom is -0.338 e. The molecule has 4 nitrogen and oxygen atoms in total. The highest BCUT2D eigenvalue weighted by molar-refractivity contribution is 7.09. The second-order valence-corrected chi connectivity index (χ2v) is 4.85. The van der Waals surface area contributed by atoms with Crippen LogP contribution in [0.2, 0.25) is 0 Å². The summed E-state index contributed by atoms with van der Waals surface area (Å²) in [6.45, 7) is 6.26. The van der Waals surface area contributed by atoms with Gasteiger partial charge in [-0.1, -0.05) is 13.3 Å². The molecule has 0 aromatic carbocycles. The molecular formula is C12H21N3OS. The molecule has 5 heteroatoms. The van der Waals surface area contributed by atoms with E-state index in [9.17, 15) is 4.79 Å². The van der Waals surface area contributed by atoms with Gasteiger partial charge in [0.1, 0.15) is 5.69 Å². The molecule has 0 aliphatic carbocycles. The fourth-order valence-corrected chi connectivity index (χ4v) is 2.35. The highest BCUT2D eigenvalue weighted by Crippen LogP contribution is 2.12. The van der Waals surface area contributed by atoms with Crippen molar-refractivity contribution in [2.75, 3.05) is 19.6 Å². The number of amides is 1. The van der Waals surface area contributed by atoms with Gasteiger partial charge in [-0.3, -0.25) is 4.79 Å². The summed E-state index contributed by atoms with van der Waals surface area (Å²) in [5.74, 6) is 0.0421.